The highest BCUT2D eigenvalue weighted by Crippen LogP contribution is 2.39. The van der Waals surface area contributed by atoms with Crippen LogP contribution in [-0.2, 0) is 9.53 Å². The number of nitrogens with zero attached hydrogens (tertiary/aromatic N) is 2. The Balaban J connectivity index is 1.51. The number of hydrogen-bond donors (Lipinski definition) is 1. The van der Waals surface area contributed by atoms with Gasteiger partial charge in [-0.3, -0.25) is 9.69 Å². The topological polar surface area (TPSA) is 63.3 Å². The van der Waals surface area contributed by atoms with Crippen LogP contribution < -0.4 is 19.7 Å². The fraction of sp³-hybridized carbons (Fsp3) is 0.696. The third-order valence-corrected chi connectivity index (χ3v) is 5.89. The summed E-state index contributed by atoms with van der Waals surface area (Å²) >= 11 is 0. The summed E-state index contributed by atoms with van der Waals surface area (Å²) in [6.45, 7) is 9.56. The van der Waals surface area contributed by atoms with Crippen molar-refractivity contribution in [2.24, 2.45) is 5.92 Å². The minimum Gasteiger partial charge on any atom is -0.492 e. The molecule has 1 heterocycles. The van der Waals surface area contributed by atoms with Crippen molar-refractivity contribution < 1.29 is 19.0 Å². The van der Waals surface area contributed by atoms with Crippen molar-refractivity contribution in [2.45, 2.75) is 45.6 Å². The molecule has 1 amide bonds. The highest BCUT2D eigenvalue weighted by atomic mass is 16.5. The molecule has 7 nitrogen and oxygen atoms in total. The molecule has 30 heavy (non-hydrogen) atoms. The van der Waals surface area contributed by atoms with E-state index in [-0.39, 0.29) is 5.91 Å². The summed E-state index contributed by atoms with van der Waals surface area (Å²) in [4.78, 5) is 17.5. The van der Waals surface area contributed by atoms with Crippen LogP contribution >= 0.6 is 0 Å². The van der Waals surface area contributed by atoms with Gasteiger partial charge in [0.1, 0.15) is 11.5 Å². The van der Waals surface area contributed by atoms with Gasteiger partial charge in [-0.25, -0.2) is 0 Å². The van der Waals surface area contributed by atoms with E-state index in [1.165, 1.54) is 25.7 Å². The molecule has 1 aromatic rings. The Morgan fingerprint density at radius 1 is 1.10 bits per heavy atom. The van der Waals surface area contributed by atoms with E-state index >= 15 is 0 Å². The number of morpholine rings is 1. The molecule has 7 heteroatoms. The molecule has 4 rings (SSSR count). The van der Waals surface area contributed by atoms with Crippen molar-refractivity contribution in [3.8, 4) is 11.5 Å². The lowest BCUT2D eigenvalue weighted by Gasteiger charge is -2.31. The lowest BCUT2D eigenvalue weighted by molar-refractivity contribution is -0.117. The maximum Gasteiger partial charge on any atom is 0.238 e. The third kappa shape index (κ3) is 5.58. The van der Waals surface area contributed by atoms with Crippen LogP contribution in [0.2, 0.25) is 0 Å². The third-order valence-electron chi connectivity index (χ3n) is 5.89. The van der Waals surface area contributed by atoms with E-state index in [9.17, 15) is 4.79 Å². The molecule has 0 aromatic heterocycles. The summed E-state index contributed by atoms with van der Waals surface area (Å²) in [6, 6.07) is 4.50. The van der Waals surface area contributed by atoms with Gasteiger partial charge >= 0.3 is 0 Å². The Kier molecular flexibility index (Phi) is 7.00. The summed E-state index contributed by atoms with van der Waals surface area (Å²) in [5, 5.41) is 3.10. The van der Waals surface area contributed by atoms with Crippen molar-refractivity contribution in [2.75, 3.05) is 62.8 Å². The number of benzene rings is 1. The average Bonchev–Trinajstić information content (AvgIpc) is 3.64. The summed E-state index contributed by atoms with van der Waals surface area (Å²) < 4.78 is 17.3. The quantitative estimate of drug-likeness (QED) is 0.597. The maximum atomic E-state index is 12.9. The first kappa shape index (κ1) is 21.2. The molecule has 1 N–H and O–H groups in total. The number of nitrogens with one attached hydrogen (secondary N) is 1. The first-order valence-electron chi connectivity index (χ1n) is 11.5. The van der Waals surface area contributed by atoms with Crippen LogP contribution in [0, 0.1) is 5.92 Å². The van der Waals surface area contributed by atoms with Gasteiger partial charge in [-0.05, 0) is 45.4 Å². The van der Waals surface area contributed by atoms with E-state index in [1.807, 2.05) is 26.0 Å². The monoisotopic (exact) mass is 417 g/mol. The van der Waals surface area contributed by atoms with Gasteiger partial charge in [0, 0.05) is 37.8 Å². The Morgan fingerprint density at radius 3 is 2.43 bits per heavy atom. The van der Waals surface area contributed by atoms with Crippen LogP contribution in [0.1, 0.15) is 39.5 Å². The summed E-state index contributed by atoms with van der Waals surface area (Å²) in [7, 11) is 0. The van der Waals surface area contributed by atoms with Gasteiger partial charge in [-0.2, -0.15) is 0 Å². The van der Waals surface area contributed by atoms with Gasteiger partial charge in [-0.1, -0.05) is 0 Å². The molecular weight excluding hydrogens is 382 g/mol. The van der Waals surface area contributed by atoms with Crippen molar-refractivity contribution in [3.63, 3.8) is 0 Å². The van der Waals surface area contributed by atoms with Gasteiger partial charge in [0.2, 0.25) is 5.91 Å². The number of hydrogen-bond acceptors (Lipinski definition) is 6. The van der Waals surface area contributed by atoms with Crippen molar-refractivity contribution >= 4 is 17.3 Å². The molecule has 3 aliphatic rings. The number of carbonyl (C=O) groups is 1. The van der Waals surface area contributed by atoms with E-state index in [0.29, 0.717) is 50.5 Å². The Hall–Kier alpha value is -1.99. The SMILES string of the molecule is CCOc1cc(N2CCOCC2)c(OCC)cc1NC(=O)CN(CC1CC1)C1CC1. The van der Waals surface area contributed by atoms with E-state index in [1.54, 1.807) is 0 Å². The van der Waals surface area contributed by atoms with Gasteiger partial charge < -0.3 is 24.4 Å². The highest BCUT2D eigenvalue weighted by molar-refractivity contribution is 5.94. The molecule has 0 spiro atoms. The fourth-order valence-corrected chi connectivity index (χ4v) is 4.03. The number of carbonyl (C=O) groups excluding carboxylic acids is 1. The number of amides is 1. The first-order chi connectivity index (χ1) is 14.7. The zero-order chi connectivity index (χ0) is 20.9. The second-order valence-corrected chi connectivity index (χ2v) is 8.43. The molecule has 3 fully saturated rings. The standard InChI is InChI=1S/C23H35N3O4/c1-3-29-21-14-20(25-9-11-28-12-10-25)22(30-4-2)13-19(21)24-23(27)16-26(18-7-8-18)15-17-5-6-17/h13-14,17-18H,3-12,15-16H2,1-2H3,(H,24,27). The van der Waals surface area contributed by atoms with Crippen molar-refractivity contribution in [3.05, 3.63) is 12.1 Å². The molecular formula is C23H35N3O4. The van der Waals surface area contributed by atoms with Crippen LogP contribution in [0.4, 0.5) is 11.4 Å². The highest BCUT2D eigenvalue weighted by Gasteiger charge is 2.34. The van der Waals surface area contributed by atoms with Crippen LogP contribution in [0.25, 0.3) is 0 Å². The lowest BCUT2D eigenvalue weighted by atomic mass is 10.2. The van der Waals surface area contributed by atoms with Crippen LogP contribution in [0.5, 0.6) is 11.5 Å². The van der Waals surface area contributed by atoms with Crippen LogP contribution in [0.3, 0.4) is 0 Å². The van der Waals surface area contributed by atoms with E-state index in [2.05, 4.69) is 15.1 Å². The van der Waals surface area contributed by atoms with Crippen LogP contribution in [0.15, 0.2) is 12.1 Å². The predicted molar refractivity (Wildman–Crippen MR) is 118 cm³/mol. The Bertz CT molecular complexity index is 727. The van der Waals surface area contributed by atoms with E-state index in [4.69, 9.17) is 14.2 Å². The molecule has 2 aliphatic carbocycles. The predicted octanol–water partition coefficient (Wildman–Crippen LogP) is 3.13. The molecule has 0 radical (unpaired) electrons. The molecule has 1 aliphatic heterocycles. The molecule has 1 aromatic carbocycles. The zero-order valence-corrected chi connectivity index (χ0v) is 18.3. The Labute approximate surface area is 179 Å². The lowest BCUT2D eigenvalue weighted by Crippen LogP contribution is -2.37. The smallest absolute Gasteiger partial charge is 0.238 e. The molecule has 166 valence electrons. The summed E-state index contributed by atoms with van der Waals surface area (Å²) in [5.41, 5.74) is 1.68. The van der Waals surface area contributed by atoms with Crippen LogP contribution in [-0.4, -0.2) is 69.5 Å². The number of ether oxygens (including phenoxy) is 3. The van der Waals surface area contributed by atoms with E-state index < -0.39 is 0 Å². The zero-order valence-electron chi connectivity index (χ0n) is 18.3. The minimum atomic E-state index is 0.0186. The fourth-order valence-electron chi connectivity index (χ4n) is 4.03. The van der Waals surface area contributed by atoms with Gasteiger partial charge in [0.15, 0.2) is 0 Å². The van der Waals surface area contributed by atoms with Crippen molar-refractivity contribution in [1.82, 2.24) is 4.90 Å². The summed E-state index contributed by atoms with van der Waals surface area (Å²) in [5.74, 6) is 2.27. The van der Waals surface area contributed by atoms with Crippen molar-refractivity contribution in [1.29, 1.82) is 0 Å². The average molecular weight is 418 g/mol. The molecule has 0 unspecified atom stereocenters. The molecule has 0 bridgehead atoms. The van der Waals surface area contributed by atoms with Gasteiger partial charge in [-0.15, -0.1) is 0 Å². The normalized spacial score (nSPS) is 19.1. The maximum absolute atomic E-state index is 12.9. The minimum absolute atomic E-state index is 0.0186. The first-order valence-corrected chi connectivity index (χ1v) is 11.5. The summed E-state index contributed by atoms with van der Waals surface area (Å²) in [6.07, 6.45) is 5.04. The largest absolute Gasteiger partial charge is 0.492 e. The van der Waals surface area contributed by atoms with E-state index in [0.717, 1.165) is 37.0 Å². The molecule has 0 atom stereocenters. The van der Waals surface area contributed by atoms with Gasteiger partial charge in [0.05, 0.1) is 44.3 Å². The number of rotatable bonds is 11. The number of anilines is 2. The molecule has 2 saturated carbocycles. The second-order valence-electron chi connectivity index (χ2n) is 8.43. The Morgan fingerprint density at radius 2 is 1.80 bits per heavy atom. The second kappa shape index (κ2) is 9.88. The van der Waals surface area contributed by atoms with Gasteiger partial charge in [0.25, 0.3) is 0 Å². The molecule has 1 saturated heterocycles.